The lowest BCUT2D eigenvalue weighted by atomic mass is 9.96. The van der Waals surface area contributed by atoms with Crippen LogP contribution in [0.1, 0.15) is 76.8 Å². The van der Waals surface area contributed by atoms with Gasteiger partial charge < -0.3 is 23.6 Å². The number of hydrogen-bond acceptors (Lipinski definition) is 8. The first-order valence-corrected chi connectivity index (χ1v) is 14.7. The van der Waals surface area contributed by atoms with Gasteiger partial charge in [0.05, 0.1) is 19.8 Å². The van der Waals surface area contributed by atoms with Crippen LogP contribution in [0.2, 0.25) is 0 Å². The second kappa shape index (κ2) is 12.4. The summed E-state index contributed by atoms with van der Waals surface area (Å²) in [5.41, 5.74) is 1.12. The van der Waals surface area contributed by atoms with E-state index < -0.39 is 17.7 Å². The highest BCUT2D eigenvalue weighted by molar-refractivity contribution is 5.87. The minimum atomic E-state index is -0.660. The summed E-state index contributed by atoms with van der Waals surface area (Å²) in [4.78, 5) is 35.4. The predicted molar refractivity (Wildman–Crippen MR) is 156 cm³/mol. The lowest BCUT2D eigenvalue weighted by molar-refractivity contribution is -0.137. The molecule has 0 N–H and O–H groups in total. The second-order valence-corrected chi connectivity index (χ2v) is 11.8. The smallest absolute Gasteiger partial charge is 0.411 e. The minimum Gasteiger partial charge on any atom is -0.493 e. The van der Waals surface area contributed by atoms with Gasteiger partial charge in [-0.2, -0.15) is 4.98 Å². The van der Waals surface area contributed by atoms with E-state index in [0.29, 0.717) is 68.6 Å². The number of rotatable bonds is 7. The molecular formula is C32H40N4O6. The topological polar surface area (TPSA) is 107 Å². The number of piperidine rings is 1. The van der Waals surface area contributed by atoms with E-state index in [1.54, 1.807) is 12.0 Å². The lowest BCUT2D eigenvalue weighted by Gasteiger charge is -2.36. The number of methoxy groups -OCH3 is 1. The molecule has 0 radical (unpaired) electrons. The summed E-state index contributed by atoms with van der Waals surface area (Å²) in [5.74, 6) is 2.32. The minimum absolute atomic E-state index is 0.0366. The van der Waals surface area contributed by atoms with Crippen LogP contribution in [0.3, 0.4) is 0 Å². The molecule has 10 heteroatoms. The number of amides is 2. The fourth-order valence-electron chi connectivity index (χ4n) is 5.78. The molecule has 0 saturated carbocycles. The fourth-order valence-corrected chi connectivity index (χ4v) is 5.78. The Balaban J connectivity index is 1.25. The fraction of sp³-hybridized carbons (Fsp3) is 0.500. The lowest BCUT2D eigenvalue weighted by Crippen LogP contribution is -2.51. The van der Waals surface area contributed by atoms with Gasteiger partial charge in [-0.3, -0.25) is 9.69 Å². The highest BCUT2D eigenvalue weighted by atomic mass is 16.6. The Morgan fingerprint density at radius 3 is 2.40 bits per heavy atom. The van der Waals surface area contributed by atoms with Gasteiger partial charge >= 0.3 is 6.09 Å². The van der Waals surface area contributed by atoms with E-state index in [9.17, 15) is 9.59 Å². The first-order chi connectivity index (χ1) is 20.2. The number of ether oxygens (including phenoxy) is 3. The van der Waals surface area contributed by atoms with Crippen molar-refractivity contribution in [3.8, 4) is 22.9 Å². The largest absolute Gasteiger partial charge is 0.493 e. The first-order valence-electron chi connectivity index (χ1n) is 14.7. The van der Waals surface area contributed by atoms with Gasteiger partial charge in [0.25, 0.3) is 0 Å². The van der Waals surface area contributed by atoms with Crippen LogP contribution in [-0.2, 0) is 9.53 Å². The third kappa shape index (κ3) is 6.37. The van der Waals surface area contributed by atoms with Gasteiger partial charge in [0.2, 0.25) is 17.6 Å². The van der Waals surface area contributed by atoms with Gasteiger partial charge in [-0.05, 0) is 77.1 Å². The Bertz CT molecular complexity index is 1380. The summed E-state index contributed by atoms with van der Waals surface area (Å²) < 4.78 is 22.5. The van der Waals surface area contributed by atoms with E-state index in [0.717, 1.165) is 11.1 Å². The molecule has 2 fully saturated rings. The molecule has 224 valence electrons. The Kier molecular flexibility index (Phi) is 8.70. The maximum Gasteiger partial charge on any atom is 0.411 e. The van der Waals surface area contributed by atoms with E-state index >= 15 is 0 Å². The Hall–Kier alpha value is -4.08. The second-order valence-electron chi connectivity index (χ2n) is 11.8. The molecule has 42 heavy (non-hydrogen) atoms. The van der Waals surface area contributed by atoms with Crippen molar-refractivity contribution in [1.29, 1.82) is 0 Å². The zero-order chi connectivity index (χ0) is 29.9. The number of carbonyl (C=O) groups is 2. The summed E-state index contributed by atoms with van der Waals surface area (Å²) in [6.07, 6.45) is 2.24. The highest BCUT2D eigenvalue weighted by Gasteiger charge is 2.45. The van der Waals surface area contributed by atoms with E-state index in [1.165, 1.54) is 0 Å². The number of nitrogens with zero attached hydrogens (tertiary/aromatic N) is 4. The zero-order valence-corrected chi connectivity index (χ0v) is 25.0. The van der Waals surface area contributed by atoms with Crippen LogP contribution in [0.15, 0.2) is 53.1 Å². The summed E-state index contributed by atoms with van der Waals surface area (Å²) in [6.45, 7) is 9.08. The van der Waals surface area contributed by atoms with Crippen LogP contribution in [0.4, 0.5) is 4.79 Å². The van der Waals surface area contributed by atoms with Crippen molar-refractivity contribution < 1.29 is 28.3 Å². The Morgan fingerprint density at radius 2 is 1.74 bits per heavy atom. The molecule has 0 spiro atoms. The molecule has 2 aliphatic heterocycles. The molecule has 3 heterocycles. The first kappa shape index (κ1) is 29.4. The molecule has 2 amide bonds. The van der Waals surface area contributed by atoms with Crippen molar-refractivity contribution in [1.82, 2.24) is 19.9 Å². The normalized spacial score (nSPS) is 19.5. The van der Waals surface area contributed by atoms with E-state index in [-0.39, 0.29) is 17.9 Å². The summed E-state index contributed by atoms with van der Waals surface area (Å²) in [5, 5.41) is 4.20. The third-order valence-corrected chi connectivity index (χ3v) is 7.78. The number of aromatic nitrogens is 2. The van der Waals surface area contributed by atoms with Gasteiger partial charge in [-0.25, -0.2) is 4.79 Å². The maximum atomic E-state index is 13.8. The number of carbonyl (C=O) groups excluding carboxylic acids is 2. The summed E-state index contributed by atoms with van der Waals surface area (Å²) in [7, 11) is 1.60. The molecule has 3 aromatic rings. The van der Waals surface area contributed by atoms with Crippen LogP contribution in [0.25, 0.3) is 11.4 Å². The average Bonchev–Trinajstić information content (AvgIpc) is 3.65. The van der Waals surface area contributed by atoms with Crippen molar-refractivity contribution in [2.24, 2.45) is 0 Å². The molecule has 1 aromatic heterocycles. The quantitative estimate of drug-likeness (QED) is 0.338. The monoisotopic (exact) mass is 576 g/mol. The Morgan fingerprint density at radius 1 is 1.00 bits per heavy atom. The molecule has 1 unspecified atom stereocenters. The number of hydrogen-bond donors (Lipinski definition) is 0. The van der Waals surface area contributed by atoms with Gasteiger partial charge in [0, 0.05) is 24.6 Å². The standard InChI is InChI=1S/C32H40N4O6/c1-6-40-26-15-12-23(20-27(26)39-5)28-33-29(42-34-28)22-16-18-35(19-17-22)30(37)25-14-13-24(21-10-8-7-9-11-21)36(25)31(38)41-32(2,3)4/h7-12,15,20,22,24-25H,6,13-14,16-19H2,1-5H3/t24?,25-/m0/s1. The van der Waals surface area contributed by atoms with E-state index in [4.69, 9.17) is 18.7 Å². The zero-order valence-electron chi connectivity index (χ0n) is 25.0. The highest BCUT2D eigenvalue weighted by Crippen LogP contribution is 2.39. The third-order valence-electron chi connectivity index (χ3n) is 7.78. The molecule has 2 aromatic carbocycles. The molecule has 0 aliphatic carbocycles. The molecule has 5 rings (SSSR count). The SMILES string of the molecule is CCOc1ccc(-c2noc(C3CCN(C(=O)[C@@H]4CCC(c5ccccc5)N4C(=O)OC(C)(C)C)CC3)n2)cc1OC. The van der Waals surface area contributed by atoms with E-state index in [1.807, 2.05) is 81.1 Å². The van der Waals surface area contributed by atoms with Crippen LogP contribution in [0, 0.1) is 0 Å². The average molecular weight is 577 g/mol. The molecule has 2 saturated heterocycles. The molecular weight excluding hydrogens is 536 g/mol. The van der Waals surface area contributed by atoms with Gasteiger partial charge in [0.15, 0.2) is 11.5 Å². The summed E-state index contributed by atoms with van der Waals surface area (Å²) in [6, 6.07) is 14.7. The van der Waals surface area contributed by atoms with Crippen LogP contribution in [-0.4, -0.2) is 70.4 Å². The van der Waals surface area contributed by atoms with Crippen LogP contribution in [0.5, 0.6) is 11.5 Å². The van der Waals surface area contributed by atoms with Crippen LogP contribution < -0.4 is 9.47 Å². The van der Waals surface area contributed by atoms with Crippen LogP contribution >= 0.6 is 0 Å². The predicted octanol–water partition coefficient (Wildman–Crippen LogP) is 5.99. The maximum absolute atomic E-state index is 13.8. The number of likely N-dealkylation sites (tertiary alicyclic amines) is 2. The molecule has 2 atom stereocenters. The molecule has 2 aliphatic rings. The Labute approximate surface area is 246 Å². The van der Waals surface area contributed by atoms with E-state index in [2.05, 4.69) is 10.1 Å². The van der Waals surface area contributed by atoms with Gasteiger partial charge in [-0.1, -0.05) is 35.5 Å². The van der Waals surface area contributed by atoms with Gasteiger partial charge in [-0.15, -0.1) is 0 Å². The van der Waals surface area contributed by atoms with Crippen molar-refractivity contribution in [2.75, 3.05) is 26.8 Å². The van der Waals surface area contributed by atoms with Crippen molar-refractivity contribution in [3.05, 3.63) is 60.0 Å². The van der Waals surface area contributed by atoms with Crippen molar-refractivity contribution in [3.63, 3.8) is 0 Å². The summed E-state index contributed by atoms with van der Waals surface area (Å²) >= 11 is 0. The van der Waals surface area contributed by atoms with Crippen molar-refractivity contribution >= 4 is 12.0 Å². The molecule has 0 bridgehead atoms. The number of benzene rings is 2. The molecule has 10 nitrogen and oxygen atoms in total. The van der Waals surface area contributed by atoms with Gasteiger partial charge in [0.1, 0.15) is 11.6 Å². The van der Waals surface area contributed by atoms with Crippen molar-refractivity contribution in [2.45, 2.75) is 77.0 Å².